The van der Waals surface area contributed by atoms with Gasteiger partial charge in [0.25, 0.3) is 11.5 Å². The Balaban J connectivity index is 1.95. The van der Waals surface area contributed by atoms with Crippen LogP contribution < -0.4 is 0 Å². The van der Waals surface area contributed by atoms with Gasteiger partial charge in [-0.1, -0.05) is 91.0 Å². The van der Waals surface area contributed by atoms with Gasteiger partial charge in [0, 0.05) is 17.8 Å². The molecule has 3 aromatic rings. The number of carbonyl (C=O) groups is 4. The van der Waals surface area contributed by atoms with E-state index in [1.807, 2.05) is 30.3 Å². The molecule has 0 bridgehead atoms. The van der Waals surface area contributed by atoms with E-state index in [0.29, 0.717) is 16.8 Å². The van der Waals surface area contributed by atoms with E-state index in [9.17, 15) is 24.3 Å². The van der Waals surface area contributed by atoms with Crippen molar-refractivity contribution in [2.45, 2.75) is 38.0 Å². The lowest BCUT2D eigenvalue weighted by molar-refractivity contribution is -0.179. The predicted octanol–water partition coefficient (Wildman–Crippen LogP) is 4.02. The summed E-state index contributed by atoms with van der Waals surface area (Å²) >= 11 is 0. The fraction of sp³-hybridized carbons (Fsp3) is 0.235. The van der Waals surface area contributed by atoms with Gasteiger partial charge < -0.3 is 19.5 Å². The first-order valence-electron chi connectivity index (χ1n) is 13.8. The van der Waals surface area contributed by atoms with Gasteiger partial charge in [-0.2, -0.15) is 0 Å². The molecule has 1 N–H and O–H groups in total. The second kappa shape index (κ2) is 11.7. The fourth-order valence-corrected chi connectivity index (χ4v) is 6.07. The van der Waals surface area contributed by atoms with Gasteiger partial charge in [-0.3, -0.25) is 14.5 Å². The van der Waals surface area contributed by atoms with Crippen LogP contribution in [0.2, 0.25) is 0 Å². The Hall–Kier alpha value is -5.02. The third-order valence-corrected chi connectivity index (χ3v) is 8.02. The van der Waals surface area contributed by atoms with E-state index in [4.69, 9.17) is 9.47 Å². The van der Waals surface area contributed by atoms with Crippen molar-refractivity contribution in [3.8, 4) is 0 Å². The Morgan fingerprint density at radius 3 is 1.86 bits per heavy atom. The highest BCUT2D eigenvalue weighted by Gasteiger charge is 2.64. The smallest absolute Gasteiger partial charge is 0.348 e. The summed E-state index contributed by atoms with van der Waals surface area (Å²) in [7, 11) is 2.31. The third kappa shape index (κ3) is 4.81. The van der Waals surface area contributed by atoms with E-state index in [0.717, 1.165) is 12.7 Å². The average molecular weight is 581 g/mol. The Morgan fingerprint density at radius 1 is 0.814 bits per heavy atom. The number of amides is 1. The number of carbonyl (C=O) groups excluding carboxylic acids is 4. The number of rotatable bonds is 7. The number of hydrogen-bond acceptors (Lipinski definition) is 8. The zero-order valence-corrected chi connectivity index (χ0v) is 24.3. The van der Waals surface area contributed by atoms with E-state index in [-0.39, 0.29) is 23.5 Å². The van der Waals surface area contributed by atoms with Gasteiger partial charge in [-0.25, -0.2) is 9.59 Å². The molecule has 43 heavy (non-hydrogen) atoms. The Labute approximate surface area is 249 Å². The SMILES string of the molecule is COC(=O)C1=C(C)N(Cc2ccccc2)C2=C(C(C)=O)[C@H](c3ccccc3)[C@](O)(C(=O)OC)C(=O)N2[C@H]1c1ccccc1. The number of aliphatic hydroxyl groups is 1. The highest BCUT2D eigenvalue weighted by atomic mass is 16.5. The molecule has 9 heteroatoms. The standard InChI is InChI=1S/C34H32N2O7/c1-21-26(31(38)42-3)29(25-18-12-7-13-19-25)36-30(35(21)20-23-14-8-5-9-15-23)27(22(2)37)28(24-16-10-6-11-17-24)34(41,32(36)39)33(40)43-4/h5-19,28-29,41H,20H2,1-4H3/t28-,29-,34+/m0/s1. The summed E-state index contributed by atoms with van der Waals surface area (Å²) in [6.07, 6.45) is 0. The normalized spacial score (nSPS) is 21.8. The molecule has 1 amide bonds. The number of Topliss-reactive ketones (excluding diaryl/α,β-unsaturated/α-hetero) is 1. The molecule has 3 atom stereocenters. The van der Waals surface area contributed by atoms with E-state index >= 15 is 0 Å². The van der Waals surface area contributed by atoms with Gasteiger partial charge >= 0.3 is 11.9 Å². The van der Waals surface area contributed by atoms with Crippen LogP contribution in [0.25, 0.3) is 0 Å². The molecule has 2 aliphatic heterocycles. The van der Waals surface area contributed by atoms with Crippen LogP contribution in [0.1, 0.15) is 42.5 Å². The van der Waals surface area contributed by atoms with Crippen molar-refractivity contribution in [1.29, 1.82) is 0 Å². The van der Waals surface area contributed by atoms with Crippen molar-refractivity contribution < 1.29 is 33.8 Å². The van der Waals surface area contributed by atoms with Gasteiger partial charge in [0.1, 0.15) is 5.82 Å². The first-order valence-corrected chi connectivity index (χ1v) is 13.8. The molecule has 0 saturated carbocycles. The second-order valence-corrected chi connectivity index (χ2v) is 10.4. The molecule has 3 aromatic carbocycles. The van der Waals surface area contributed by atoms with Gasteiger partial charge in [-0.05, 0) is 30.5 Å². The van der Waals surface area contributed by atoms with Gasteiger partial charge in [0.05, 0.1) is 31.8 Å². The lowest BCUT2D eigenvalue weighted by Crippen LogP contribution is -2.65. The lowest BCUT2D eigenvalue weighted by atomic mass is 9.71. The molecule has 0 spiro atoms. The molecule has 0 fully saturated rings. The summed E-state index contributed by atoms with van der Waals surface area (Å²) in [6, 6.07) is 25.4. The summed E-state index contributed by atoms with van der Waals surface area (Å²) in [4.78, 5) is 58.5. The number of esters is 2. The Kier molecular flexibility index (Phi) is 8.02. The van der Waals surface area contributed by atoms with E-state index in [1.54, 1.807) is 72.5 Å². The number of ether oxygens (including phenoxy) is 2. The number of ketones is 1. The number of nitrogens with zero attached hydrogens (tertiary/aromatic N) is 2. The molecular formula is C34H32N2O7. The minimum absolute atomic E-state index is 0.0267. The van der Waals surface area contributed by atoms with Crippen LogP contribution in [0.15, 0.2) is 114 Å². The maximum atomic E-state index is 14.8. The zero-order chi connectivity index (χ0) is 30.9. The largest absolute Gasteiger partial charge is 0.466 e. The first kappa shape index (κ1) is 29.5. The summed E-state index contributed by atoms with van der Waals surface area (Å²) in [5, 5.41) is 12.3. The fourth-order valence-electron chi connectivity index (χ4n) is 6.07. The average Bonchev–Trinajstić information content (AvgIpc) is 3.03. The molecule has 9 nitrogen and oxygen atoms in total. The van der Waals surface area contributed by atoms with Crippen molar-refractivity contribution in [3.05, 3.63) is 130 Å². The minimum atomic E-state index is -2.83. The number of methoxy groups -OCH3 is 2. The lowest BCUT2D eigenvalue weighted by Gasteiger charge is -2.52. The van der Waals surface area contributed by atoms with Crippen LogP contribution in [-0.4, -0.2) is 58.4 Å². The minimum Gasteiger partial charge on any atom is -0.466 e. The summed E-state index contributed by atoms with van der Waals surface area (Å²) in [6.45, 7) is 3.23. The maximum Gasteiger partial charge on any atom is 0.348 e. The number of benzene rings is 3. The van der Waals surface area contributed by atoms with E-state index < -0.39 is 41.2 Å². The van der Waals surface area contributed by atoms with Crippen LogP contribution in [0.3, 0.4) is 0 Å². The predicted molar refractivity (Wildman–Crippen MR) is 157 cm³/mol. The van der Waals surface area contributed by atoms with E-state index in [1.165, 1.54) is 18.9 Å². The number of allylic oxidation sites excluding steroid dienone is 1. The topological polar surface area (TPSA) is 113 Å². The summed E-state index contributed by atoms with van der Waals surface area (Å²) in [5.41, 5.74) is -0.514. The monoisotopic (exact) mass is 580 g/mol. The Morgan fingerprint density at radius 2 is 1.35 bits per heavy atom. The number of fused-ring (bicyclic) bond motifs is 1. The Bertz CT molecular complexity index is 1630. The van der Waals surface area contributed by atoms with Crippen LogP contribution in [0.5, 0.6) is 0 Å². The van der Waals surface area contributed by atoms with Crippen LogP contribution in [0.4, 0.5) is 0 Å². The summed E-state index contributed by atoms with van der Waals surface area (Å²) in [5.74, 6) is -4.66. The third-order valence-electron chi connectivity index (χ3n) is 8.02. The van der Waals surface area contributed by atoms with Crippen molar-refractivity contribution >= 4 is 23.6 Å². The molecule has 0 saturated heterocycles. The highest BCUT2D eigenvalue weighted by molar-refractivity contribution is 6.13. The van der Waals surface area contributed by atoms with Gasteiger partial charge in [0.15, 0.2) is 5.78 Å². The van der Waals surface area contributed by atoms with Crippen molar-refractivity contribution in [2.75, 3.05) is 14.2 Å². The molecular weight excluding hydrogens is 548 g/mol. The second-order valence-electron chi connectivity index (χ2n) is 10.4. The van der Waals surface area contributed by atoms with Crippen LogP contribution >= 0.6 is 0 Å². The maximum absolute atomic E-state index is 14.8. The zero-order valence-electron chi connectivity index (χ0n) is 24.3. The molecule has 220 valence electrons. The van der Waals surface area contributed by atoms with Crippen molar-refractivity contribution in [3.63, 3.8) is 0 Å². The molecule has 2 aliphatic rings. The molecule has 0 radical (unpaired) electrons. The molecule has 0 aliphatic carbocycles. The summed E-state index contributed by atoms with van der Waals surface area (Å²) < 4.78 is 10.2. The van der Waals surface area contributed by atoms with Crippen LogP contribution in [0, 0.1) is 0 Å². The molecule has 0 aromatic heterocycles. The molecule has 0 unspecified atom stereocenters. The number of hydrogen-bond donors (Lipinski definition) is 1. The van der Waals surface area contributed by atoms with Gasteiger partial charge in [0.2, 0.25) is 0 Å². The van der Waals surface area contributed by atoms with Crippen molar-refractivity contribution in [2.24, 2.45) is 0 Å². The first-order chi connectivity index (χ1) is 20.7. The van der Waals surface area contributed by atoms with Crippen LogP contribution in [-0.2, 0) is 35.2 Å². The highest BCUT2D eigenvalue weighted by Crippen LogP contribution is 2.52. The quantitative estimate of drug-likeness (QED) is 0.329. The van der Waals surface area contributed by atoms with Crippen molar-refractivity contribution in [1.82, 2.24) is 9.80 Å². The van der Waals surface area contributed by atoms with E-state index in [2.05, 4.69) is 0 Å². The van der Waals surface area contributed by atoms with Gasteiger partial charge in [-0.15, -0.1) is 0 Å². The molecule has 2 heterocycles. The molecule has 5 rings (SSSR count).